The quantitative estimate of drug-likeness (QED) is 0.550. The molecule has 0 spiro atoms. The SMILES string of the molecule is Cl.O=C(Cl)c1cc(C(F)(F)F)cc(C(F)(F)F)c1. The van der Waals surface area contributed by atoms with E-state index >= 15 is 0 Å². The molecule has 0 aliphatic carbocycles. The number of carbonyl (C=O) groups is 1. The van der Waals surface area contributed by atoms with Gasteiger partial charge in [0.25, 0.3) is 5.24 Å². The summed E-state index contributed by atoms with van der Waals surface area (Å²) >= 11 is 4.87. The Labute approximate surface area is 108 Å². The van der Waals surface area contributed by atoms with E-state index in [1.54, 1.807) is 0 Å². The summed E-state index contributed by atoms with van der Waals surface area (Å²) in [6, 6.07) is 0.457. The zero-order valence-corrected chi connectivity index (χ0v) is 9.77. The number of carbonyl (C=O) groups excluding carboxylic acids is 1. The standard InChI is InChI=1S/C9H3ClF6O.ClH/c10-7(17)4-1-5(8(11,12)13)3-6(2-4)9(14,15)16;/h1-3H;1H. The lowest BCUT2D eigenvalue weighted by Gasteiger charge is -2.12. The zero-order chi connectivity index (χ0) is 13.4. The second-order valence-electron chi connectivity index (χ2n) is 3.07. The van der Waals surface area contributed by atoms with E-state index < -0.39 is 34.3 Å². The molecule has 0 saturated heterocycles. The lowest BCUT2D eigenvalue weighted by atomic mass is 10.1. The van der Waals surface area contributed by atoms with Gasteiger partial charge in [0.05, 0.1) is 11.1 Å². The van der Waals surface area contributed by atoms with Crippen molar-refractivity contribution < 1.29 is 31.1 Å². The van der Waals surface area contributed by atoms with Gasteiger partial charge in [-0.25, -0.2) is 0 Å². The van der Waals surface area contributed by atoms with Gasteiger partial charge in [-0.2, -0.15) is 26.3 Å². The maximum atomic E-state index is 12.3. The molecule has 0 bridgehead atoms. The molecule has 18 heavy (non-hydrogen) atoms. The van der Waals surface area contributed by atoms with E-state index in [1.807, 2.05) is 0 Å². The summed E-state index contributed by atoms with van der Waals surface area (Å²) in [6.07, 6.45) is -9.97. The van der Waals surface area contributed by atoms with E-state index in [0.717, 1.165) is 0 Å². The van der Waals surface area contributed by atoms with Crippen LogP contribution in [0.3, 0.4) is 0 Å². The van der Waals surface area contributed by atoms with Crippen LogP contribution < -0.4 is 0 Å². The van der Waals surface area contributed by atoms with Gasteiger partial charge in [-0.3, -0.25) is 4.79 Å². The Bertz CT molecular complexity index is 419. The van der Waals surface area contributed by atoms with Gasteiger partial charge < -0.3 is 0 Å². The molecule has 0 N–H and O–H groups in total. The molecule has 1 rings (SSSR count). The van der Waals surface area contributed by atoms with Gasteiger partial charge in [0.2, 0.25) is 0 Å². The lowest BCUT2D eigenvalue weighted by molar-refractivity contribution is -0.143. The molecule has 1 aromatic carbocycles. The van der Waals surface area contributed by atoms with Crippen LogP contribution in [0.2, 0.25) is 0 Å². The third kappa shape index (κ3) is 4.06. The summed E-state index contributed by atoms with van der Waals surface area (Å²) < 4.78 is 73.7. The fourth-order valence-corrected chi connectivity index (χ4v) is 1.18. The van der Waals surface area contributed by atoms with Crippen molar-refractivity contribution in [2.24, 2.45) is 0 Å². The minimum Gasteiger partial charge on any atom is -0.276 e. The van der Waals surface area contributed by atoms with Crippen molar-refractivity contribution >= 4 is 29.3 Å². The molecule has 1 aromatic rings. The Morgan fingerprint density at radius 3 is 1.44 bits per heavy atom. The molecule has 0 aliphatic rings. The molecule has 0 unspecified atom stereocenters. The number of benzene rings is 1. The van der Waals surface area contributed by atoms with Gasteiger partial charge in [-0.15, -0.1) is 12.4 Å². The van der Waals surface area contributed by atoms with Gasteiger partial charge >= 0.3 is 12.4 Å². The fourth-order valence-electron chi connectivity index (χ4n) is 1.07. The van der Waals surface area contributed by atoms with Crippen LogP contribution in [0.25, 0.3) is 0 Å². The number of hydrogen-bond donors (Lipinski definition) is 0. The minimum absolute atomic E-state index is 0. The number of alkyl halides is 6. The Morgan fingerprint density at radius 1 is 0.889 bits per heavy atom. The van der Waals surface area contributed by atoms with Crippen molar-refractivity contribution in [3.05, 3.63) is 34.9 Å². The van der Waals surface area contributed by atoms with E-state index in [2.05, 4.69) is 0 Å². The first-order valence-corrected chi connectivity index (χ1v) is 4.39. The van der Waals surface area contributed by atoms with E-state index in [1.165, 1.54) is 0 Å². The Morgan fingerprint density at radius 2 is 1.22 bits per heavy atom. The first kappa shape index (κ1) is 17.1. The predicted octanol–water partition coefficient (Wildman–Crippen LogP) is 4.53. The molecule has 0 radical (unpaired) electrons. The van der Waals surface area contributed by atoms with Gasteiger partial charge in [-0.05, 0) is 29.8 Å². The molecule has 0 atom stereocenters. The van der Waals surface area contributed by atoms with Crippen molar-refractivity contribution in [1.82, 2.24) is 0 Å². The van der Waals surface area contributed by atoms with Crippen LogP contribution in [0.1, 0.15) is 21.5 Å². The van der Waals surface area contributed by atoms with Crippen LogP contribution in [0.15, 0.2) is 18.2 Å². The van der Waals surface area contributed by atoms with Crippen molar-refractivity contribution in [3.63, 3.8) is 0 Å². The Kier molecular flexibility index (Phi) is 5.07. The summed E-state index contributed by atoms with van der Waals surface area (Å²) in [7, 11) is 0. The molecular weight excluding hydrogens is 309 g/mol. The molecule has 0 fully saturated rings. The number of hydrogen-bond acceptors (Lipinski definition) is 1. The highest BCUT2D eigenvalue weighted by molar-refractivity contribution is 6.67. The van der Waals surface area contributed by atoms with Gasteiger partial charge in [0.1, 0.15) is 0 Å². The van der Waals surface area contributed by atoms with Gasteiger partial charge in [-0.1, -0.05) is 0 Å². The summed E-state index contributed by atoms with van der Waals surface area (Å²) in [5.41, 5.74) is -4.00. The first-order valence-electron chi connectivity index (χ1n) is 4.01. The average Bonchev–Trinajstić information content (AvgIpc) is 2.14. The number of halogens is 8. The highest BCUT2D eigenvalue weighted by atomic mass is 35.5. The topological polar surface area (TPSA) is 17.1 Å². The molecule has 0 heterocycles. The summed E-state index contributed by atoms with van der Waals surface area (Å²) in [4.78, 5) is 10.6. The molecule has 102 valence electrons. The van der Waals surface area contributed by atoms with Crippen LogP contribution >= 0.6 is 24.0 Å². The zero-order valence-electron chi connectivity index (χ0n) is 8.19. The van der Waals surface area contributed by atoms with E-state index in [-0.39, 0.29) is 30.6 Å². The molecule has 0 aromatic heterocycles. The monoisotopic (exact) mass is 312 g/mol. The van der Waals surface area contributed by atoms with E-state index in [4.69, 9.17) is 11.6 Å². The molecule has 0 saturated carbocycles. The smallest absolute Gasteiger partial charge is 0.276 e. The summed E-state index contributed by atoms with van der Waals surface area (Å²) in [5, 5.41) is -1.39. The first-order chi connectivity index (χ1) is 7.51. The highest BCUT2D eigenvalue weighted by Crippen LogP contribution is 2.36. The number of rotatable bonds is 1. The van der Waals surface area contributed by atoms with Crippen molar-refractivity contribution in [3.8, 4) is 0 Å². The Balaban J connectivity index is 0.00000289. The van der Waals surface area contributed by atoms with Crippen LogP contribution in [0.4, 0.5) is 26.3 Å². The third-order valence-corrected chi connectivity index (χ3v) is 2.03. The predicted molar refractivity (Wildman–Crippen MR) is 53.9 cm³/mol. The van der Waals surface area contributed by atoms with E-state index in [0.29, 0.717) is 0 Å². The second-order valence-corrected chi connectivity index (χ2v) is 3.41. The second kappa shape index (κ2) is 5.36. The lowest BCUT2D eigenvalue weighted by Crippen LogP contribution is -2.12. The Hall–Kier alpha value is -0.950. The molecule has 0 aliphatic heterocycles. The summed E-state index contributed by atoms with van der Waals surface area (Å²) in [5.74, 6) is 0. The third-order valence-electron chi connectivity index (χ3n) is 1.81. The average molecular weight is 313 g/mol. The maximum Gasteiger partial charge on any atom is 0.416 e. The largest absolute Gasteiger partial charge is 0.416 e. The highest BCUT2D eigenvalue weighted by Gasteiger charge is 2.37. The molecule has 0 amide bonds. The van der Waals surface area contributed by atoms with Crippen molar-refractivity contribution in [1.29, 1.82) is 0 Å². The van der Waals surface area contributed by atoms with Crippen LogP contribution in [0, 0.1) is 0 Å². The van der Waals surface area contributed by atoms with Crippen LogP contribution in [-0.2, 0) is 12.4 Å². The van der Waals surface area contributed by atoms with E-state index in [9.17, 15) is 31.1 Å². The maximum absolute atomic E-state index is 12.3. The normalized spacial score (nSPS) is 11.9. The fraction of sp³-hybridized carbons (Fsp3) is 0.222. The minimum atomic E-state index is -4.98. The molecule has 1 nitrogen and oxygen atoms in total. The molecular formula is C9H4Cl2F6O. The van der Waals surface area contributed by atoms with Crippen LogP contribution in [-0.4, -0.2) is 5.24 Å². The van der Waals surface area contributed by atoms with Crippen molar-refractivity contribution in [2.45, 2.75) is 12.4 Å². The van der Waals surface area contributed by atoms with Gasteiger partial charge in [0.15, 0.2) is 0 Å². The summed E-state index contributed by atoms with van der Waals surface area (Å²) in [6.45, 7) is 0. The van der Waals surface area contributed by atoms with Gasteiger partial charge in [0, 0.05) is 5.56 Å². The van der Waals surface area contributed by atoms with Crippen molar-refractivity contribution in [2.75, 3.05) is 0 Å². The van der Waals surface area contributed by atoms with Crippen LogP contribution in [0.5, 0.6) is 0 Å². The molecule has 9 heteroatoms.